The molecule has 0 aliphatic carbocycles. The maximum atomic E-state index is 12.2. The Morgan fingerprint density at radius 1 is 1.50 bits per heavy atom. The number of carbonyl (C=O) groups excluding carboxylic acids is 1. The maximum Gasteiger partial charge on any atom is 0.254 e. The largest absolute Gasteiger partial charge is 0.360 e. The van der Waals surface area contributed by atoms with Crippen LogP contribution >= 0.6 is 0 Å². The van der Waals surface area contributed by atoms with Crippen LogP contribution < -0.4 is 0 Å². The number of nitriles is 1. The lowest BCUT2D eigenvalue weighted by Crippen LogP contribution is -2.45. The molecule has 1 aromatic carbocycles. The summed E-state index contributed by atoms with van der Waals surface area (Å²) in [5.74, 6) is -0.0267. The number of hydrogen-bond donors (Lipinski definition) is 0. The molecule has 0 N–H and O–H groups in total. The van der Waals surface area contributed by atoms with Crippen LogP contribution in [0.25, 0.3) is 0 Å². The molecule has 0 aromatic heterocycles. The summed E-state index contributed by atoms with van der Waals surface area (Å²) < 4.78 is 5.22. The number of rotatable bonds is 2. The van der Waals surface area contributed by atoms with Gasteiger partial charge in [0, 0.05) is 12.1 Å². The Bertz CT molecular complexity index is 462. The van der Waals surface area contributed by atoms with Crippen LogP contribution in [-0.4, -0.2) is 36.6 Å². The standard InChI is InChI=1S/C14H16N2O2/c1-2-11-3-5-12(6-4-11)14(17)16-7-8-18-13(9-15)10-16/h3-6,13H,2,7-8,10H2,1H3. The zero-order valence-electron chi connectivity index (χ0n) is 10.4. The number of benzene rings is 1. The van der Waals surface area contributed by atoms with E-state index in [0.29, 0.717) is 25.3 Å². The SMILES string of the molecule is CCc1ccc(C(=O)N2CCOC(C#N)C2)cc1. The molecular formula is C14H16N2O2. The van der Waals surface area contributed by atoms with E-state index in [1.54, 1.807) is 4.90 Å². The molecule has 94 valence electrons. The molecular weight excluding hydrogens is 228 g/mol. The van der Waals surface area contributed by atoms with E-state index in [1.807, 2.05) is 30.3 Å². The van der Waals surface area contributed by atoms with Crippen molar-refractivity contribution in [1.29, 1.82) is 5.26 Å². The summed E-state index contributed by atoms with van der Waals surface area (Å²) in [5, 5.41) is 8.82. The van der Waals surface area contributed by atoms with Crippen LogP contribution in [0, 0.1) is 11.3 Å². The van der Waals surface area contributed by atoms with Gasteiger partial charge >= 0.3 is 0 Å². The molecule has 4 heteroatoms. The van der Waals surface area contributed by atoms with Gasteiger partial charge in [-0.3, -0.25) is 4.79 Å². The van der Waals surface area contributed by atoms with Crippen LogP contribution in [0.15, 0.2) is 24.3 Å². The van der Waals surface area contributed by atoms with Gasteiger partial charge in [0.15, 0.2) is 6.10 Å². The van der Waals surface area contributed by atoms with Crippen LogP contribution in [0.3, 0.4) is 0 Å². The molecule has 0 spiro atoms. The van der Waals surface area contributed by atoms with E-state index >= 15 is 0 Å². The Morgan fingerprint density at radius 3 is 2.83 bits per heavy atom. The minimum Gasteiger partial charge on any atom is -0.360 e. The third-order valence-electron chi connectivity index (χ3n) is 3.11. The van der Waals surface area contributed by atoms with Gasteiger partial charge in [-0.15, -0.1) is 0 Å². The van der Waals surface area contributed by atoms with E-state index < -0.39 is 6.10 Å². The molecule has 4 nitrogen and oxygen atoms in total. The Kier molecular flexibility index (Phi) is 3.96. The molecule has 0 radical (unpaired) electrons. The minimum atomic E-state index is -0.502. The zero-order chi connectivity index (χ0) is 13.0. The van der Waals surface area contributed by atoms with Crippen molar-refractivity contribution < 1.29 is 9.53 Å². The Balaban J connectivity index is 2.08. The molecule has 1 aliphatic rings. The van der Waals surface area contributed by atoms with Crippen molar-refractivity contribution in [3.63, 3.8) is 0 Å². The summed E-state index contributed by atoms with van der Waals surface area (Å²) >= 11 is 0. The summed E-state index contributed by atoms with van der Waals surface area (Å²) in [6.45, 7) is 3.41. The van der Waals surface area contributed by atoms with Gasteiger partial charge in [0.05, 0.1) is 19.2 Å². The van der Waals surface area contributed by atoms with Crippen LogP contribution in [0.2, 0.25) is 0 Å². The number of hydrogen-bond acceptors (Lipinski definition) is 3. The van der Waals surface area contributed by atoms with Gasteiger partial charge in [-0.1, -0.05) is 19.1 Å². The molecule has 2 rings (SSSR count). The third-order valence-corrected chi connectivity index (χ3v) is 3.11. The summed E-state index contributed by atoms with van der Waals surface area (Å²) in [7, 11) is 0. The summed E-state index contributed by atoms with van der Waals surface area (Å²) in [5.41, 5.74) is 1.88. The van der Waals surface area contributed by atoms with Gasteiger partial charge in [-0.25, -0.2) is 0 Å². The number of ether oxygens (including phenoxy) is 1. The molecule has 1 heterocycles. The highest BCUT2D eigenvalue weighted by atomic mass is 16.5. The first-order valence-corrected chi connectivity index (χ1v) is 6.14. The fourth-order valence-corrected chi connectivity index (χ4v) is 1.98. The fourth-order valence-electron chi connectivity index (χ4n) is 1.98. The predicted octanol–water partition coefficient (Wildman–Crippen LogP) is 1.61. The average Bonchev–Trinajstić information content (AvgIpc) is 2.46. The van der Waals surface area contributed by atoms with E-state index in [9.17, 15) is 4.79 Å². The van der Waals surface area contributed by atoms with Crippen molar-refractivity contribution in [3.8, 4) is 6.07 Å². The lowest BCUT2D eigenvalue weighted by Gasteiger charge is -2.29. The zero-order valence-corrected chi connectivity index (χ0v) is 10.4. The molecule has 0 saturated carbocycles. The number of carbonyl (C=O) groups is 1. The van der Waals surface area contributed by atoms with Crippen molar-refractivity contribution in [1.82, 2.24) is 4.90 Å². The molecule has 1 unspecified atom stereocenters. The van der Waals surface area contributed by atoms with Gasteiger partial charge in [0.1, 0.15) is 0 Å². The second kappa shape index (κ2) is 5.65. The Labute approximate surface area is 107 Å². The second-order valence-corrected chi connectivity index (χ2v) is 4.29. The highest BCUT2D eigenvalue weighted by molar-refractivity contribution is 5.94. The predicted molar refractivity (Wildman–Crippen MR) is 67.1 cm³/mol. The molecule has 1 atom stereocenters. The minimum absolute atomic E-state index is 0.0267. The van der Waals surface area contributed by atoms with Gasteiger partial charge in [-0.2, -0.15) is 5.26 Å². The van der Waals surface area contributed by atoms with Crippen molar-refractivity contribution in [3.05, 3.63) is 35.4 Å². The van der Waals surface area contributed by atoms with Gasteiger partial charge < -0.3 is 9.64 Å². The molecule has 1 saturated heterocycles. The topological polar surface area (TPSA) is 53.3 Å². The van der Waals surface area contributed by atoms with Crippen molar-refractivity contribution in [2.75, 3.05) is 19.7 Å². The molecule has 1 amide bonds. The Morgan fingerprint density at radius 2 is 2.22 bits per heavy atom. The summed E-state index contributed by atoms with van der Waals surface area (Å²) in [6.07, 6.45) is 0.459. The van der Waals surface area contributed by atoms with Crippen molar-refractivity contribution >= 4 is 5.91 Å². The van der Waals surface area contributed by atoms with Crippen molar-refractivity contribution in [2.45, 2.75) is 19.4 Å². The first-order chi connectivity index (χ1) is 8.74. The van der Waals surface area contributed by atoms with Gasteiger partial charge in [0.2, 0.25) is 0 Å². The van der Waals surface area contributed by atoms with Crippen LogP contribution in [0.1, 0.15) is 22.8 Å². The monoisotopic (exact) mass is 244 g/mol. The number of morpholine rings is 1. The third kappa shape index (κ3) is 2.69. The summed E-state index contributed by atoms with van der Waals surface area (Å²) in [6, 6.07) is 9.67. The maximum absolute atomic E-state index is 12.2. The average molecular weight is 244 g/mol. The van der Waals surface area contributed by atoms with Crippen LogP contribution in [-0.2, 0) is 11.2 Å². The van der Waals surface area contributed by atoms with E-state index in [-0.39, 0.29) is 5.91 Å². The smallest absolute Gasteiger partial charge is 0.254 e. The number of nitrogens with zero attached hydrogens (tertiary/aromatic N) is 2. The quantitative estimate of drug-likeness (QED) is 0.794. The first-order valence-electron chi connectivity index (χ1n) is 6.14. The molecule has 18 heavy (non-hydrogen) atoms. The second-order valence-electron chi connectivity index (χ2n) is 4.29. The number of aryl methyl sites for hydroxylation is 1. The van der Waals surface area contributed by atoms with E-state index in [1.165, 1.54) is 5.56 Å². The van der Waals surface area contributed by atoms with Crippen LogP contribution in [0.4, 0.5) is 0 Å². The van der Waals surface area contributed by atoms with E-state index in [4.69, 9.17) is 10.00 Å². The fraction of sp³-hybridized carbons (Fsp3) is 0.429. The molecule has 1 fully saturated rings. The highest BCUT2D eigenvalue weighted by Gasteiger charge is 2.24. The van der Waals surface area contributed by atoms with Gasteiger partial charge in [0.25, 0.3) is 5.91 Å². The highest BCUT2D eigenvalue weighted by Crippen LogP contribution is 2.11. The molecule has 0 bridgehead atoms. The van der Waals surface area contributed by atoms with Crippen LogP contribution in [0.5, 0.6) is 0 Å². The number of amides is 1. The normalized spacial score (nSPS) is 19.3. The first kappa shape index (κ1) is 12.6. The van der Waals surface area contributed by atoms with E-state index in [2.05, 4.69) is 6.92 Å². The molecule has 1 aliphatic heterocycles. The van der Waals surface area contributed by atoms with Gasteiger partial charge in [-0.05, 0) is 24.1 Å². The van der Waals surface area contributed by atoms with E-state index in [0.717, 1.165) is 6.42 Å². The lowest BCUT2D eigenvalue weighted by molar-refractivity contribution is 0.00347. The lowest BCUT2D eigenvalue weighted by atomic mass is 10.1. The summed E-state index contributed by atoms with van der Waals surface area (Å²) in [4.78, 5) is 13.9. The van der Waals surface area contributed by atoms with Crippen molar-refractivity contribution in [2.24, 2.45) is 0 Å². The Hall–Kier alpha value is -1.86. The molecule has 1 aromatic rings.